The molecular formula is C19H42O3. The lowest BCUT2D eigenvalue weighted by Gasteiger charge is -2.02. The van der Waals surface area contributed by atoms with Crippen LogP contribution < -0.4 is 0 Å². The molecule has 0 aromatic carbocycles. The first-order chi connectivity index (χ1) is 10.7. The number of hydrogen-bond donors (Lipinski definition) is 3. The minimum absolute atomic E-state index is 0.139. The monoisotopic (exact) mass is 318 g/mol. The molecule has 0 bridgehead atoms. The van der Waals surface area contributed by atoms with Crippen LogP contribution in [0.15, 0.2) is 0 Å². The summed E-state index contributed by atoms with van der Waals surface area (Å²) in [5, 5.41) is 24.6. The molecule has 136 valence electrons. The van der Waals surface area contributed by atoms with Crippen molar-refractivity contribution < 1.29 is 15.3 Å². The van der Waals surface area contributed by atoms with E-state index in [1.807, 2.05) is 0 Å². The molecule has 0 saturated heterocycles. The van der Waals surface area contributed by atoms with E-state index in [4.69, 9.17) is 15.3 Å². The first kappa shape index (κ1) is 24.1. The van der Waals surface area contributed by atoms with Crippen molar-refractivity contribution in [2.24, 2.45) is 0 Å². The lowest BCUT2D eigenvalue weighted by molar-refractivity contribution is 0.110. The van der Waals surface area contributed by atoms with Crippen molar-refractivity contribution in [2.75, 3.05) is 13.2 Å². The van der Waals surface area contributed by atoms with Gasteiger partial charge in [-0.1, -0.05) is 90.4 Å². The van der Waals surface area contributed by atoms with Gasteiger partial charge in [0, 0.05) is 6.61 Å². The molecule has 0 aliphatic heterocycles. The molecule has 0 radical (unpaired) electrons. The Morgan fingerprint density at radius 2 is 0.864 bits per heavy atom. The average Bonchev–Trinajstić information content (AvgIpc) is 2.52. The molecule has 1 atom stereocenters. The normalized spacial score (nSPS) is 11.9. The van der Waals surface area contributed by atoms with Gasteiger partial charge in [0.1, 0.15) is 0 Å². The fourth-order valence-corrected chi connectivity index (χ4v) is 2.31. The van der Waals surface area contributed by atoms with E-state index in [1.165, 1.54) is 90.4 Å². The van der Waals surface area contributed by atoms with Crippen LogP contribution in [0.4, 0.5) is 0 Å². The maximum atomic E-state index is 8.64. The maximum Gasteiger partial charge on any atom is 0.0742 e. The summed E-state index contributed by atoms with van der Waals surface area (Å²) in [5.41, 5.74) is 0. The van der Waals surface area contributed by atoms with Crippen molar-refractivity contribution in [3.8, 4) is 0 Å². The highest BCUT2D eigenvalue weighted by Crippen LogP contribution is 2.12. The third-order valence-corrected chi connectivity index (χ3v) is 3.78. The Morgan fingerprint density at radius 3 is 1.09 bits per heavy atom. The molecule has 0 aromatic heterocycles. The predicted octanol–water partition coefficient (Wildman–Crippen LogP) is 4.82. The van der Waals surface area contributed by atoms with E-state index in [0.717, 1.165) is 6.42 Å². The summed E-state index contributed by atoms with van der Waals surface area (Å²) in [5.74, 6) is 0. The quantitative estimate of drug-likeness (QED) is 0.379. The summed E-state index contributed by atoms with van der Waals surface area (Å²) in [4.78, 5) is 0. The van der Waals surface area contributed by atoms with Gasteiger partial charge in [-0.15, -0.1) is 0 Å². The molecule has 0 aliphatic rings. The second kappa shape index (κ2) is 23.2. The Labute approximate surface area is 139 Å². The van der Waals surface area contributed by atoms with Crippen molar-refractivity contribution in [3.05, 3.63) is 0 Å². The Bertz CT molecular complexity index is 158. The van der Waals surface area contributed by atoms with Gasteiger partial charge in [0.25, 0.3) is 0 Å². The lowest BCUT2D eigenvalue weighted by atomic mass is 10.0. The van der Waals surface area contributed by atoms with E-state index >= 15 is 0 Å². The van der Waals surface area contributed by atoms with Gasteiger partial charge < -0.3 is 15.3 Å². The van der Waals surface area contributed by atoms with Gasteiger partial charge in [-0.25, -0.2) is 0 Å². The van der Waals surface area contributed by atoms with Crippen LogP contribution in [0.3, 0.4) is 0 Å². The lowest BCUT2D eigenvalue weighted by Crippen LogP contribution is -2.03. The summed E-state index contributed by atoms with van der Waals surface area (Å²) in [6, 6.07) is 0. The second-order valence-electron chi connectivity index (χ2n) is 6.35. The molecule has 0 amide bonds. The standard InChI is InChI=1S/C16H34O.C3H8O2/c1-2-3-4-5-6-7-8-9-10-11-12-13-14-15-16-17;1-3(5)2-4/h17H,2-16H2,1H3;3-5H,2H2,1H3. The second-order valence-corrected chi connectivity index (χ2v) is 6.35. The Balaban J connectivity index is 0. The molecule has 0 rings (SSSR count). The van der Waals surface area contributed by atoms with Gasteiger partial charge in [0.15, 0.2) is 0 Å². The third kappa shape index (κ3) is 28.1. The van der Waals surface area contributed by atoms with Crippen LogP contribution >= 0.6 is 0 Å². The first-order valence-electron chi connectivity index (χ1n) is 9.58. The topological polar surface area (TPSA) is 60.7 Å². The number of unbranched alkanes of at least 4 members (excludes halogenated alkanes) is 13. The summed E-state index contributed by atoms with van der Waals surface area (Å²) in [7, 11) is 0. The van der Waals surface area contributed by atoms with E-state index in [2.05, 4.69) is 6.92 Å². The van der Waals surface area contributed by atoms with Gasteiger partial charge in [0.2, 0.25) is 0 Å². The molecule has 0 aromatic rings. The van der Waals surface area contributed by atoms with Gasteiger partial charge >= 0.3 is 0 Å². The van der Waals surface area contributed by atoms with Gasteiger partial charge in [-0.2, -0.15) is 0 Å². The smallest absolute Gasteiger partial charge is 0.0742 e. The number of aliphatic hydroxyl groups excluding tert-OH is 3. The van der Waals surface area contributed by atoms with E-state index in [1.54, 1.807) is 0 Å². The van der Waals surface area contributed by atoms with Gasteiger partial charge in [-0.3, -0.25) is 0 Å². The summed E-state index contributed by atoms with van der Waals surface area (Å²) in [6.07, 6.45) is 18.6. The molecular weight excluding hydrogens is 276 g/mol. The van der Waals surface area contributed by atoms with Crippen LogP contribution in [0.1, 0.15) is 104 Å². The number of hydrogen-bond acceptors (Lipinski definition) is 3. The van der Waals surface area contributed by atoms with E-state index in [-0.39, 0.29) is 6.61 Å². The fraction of sp³-hybridized carbons (Fsp3) is 1.00. The van der Waals surface area contributed by atoms with Crippen molar-refractivity contribution in [2.45, 2.75) is 110 Å². The van der Waals surface area contributed by atoms with Crippen LogP contribution in [-0.4, -0.2) is 34.6 Å². The number of rotatable bonds is 15. The molecule has 3 nitrogen and oxygen atoms in total. The van der Waals surface area contributed by atoms with Crippen molar-refractivity contribution in [3.63, 3.8) is 0 Å². The van der Waals surface area contributed by atoms with Crippen molar-refractivity contribution in [1.29, 1.82) is 0 Å². The molecule has 0 saturated carbocycles. The summed E-state index contributed by atoms with van der Waals surface area (Å²) >= 11 is 0. The highest BCUT2D eigenvalue weighted by molar-refractivity contribution is 4.48. The highest BCUT2D eigenvalue weighted by atomic mass is 16.3. The average molecular weight is 319 g/mol. The van der Waals surface area contributed by atoms with Crippen molar-refractivity contribution in [1.82, 2.24) is 0 Å². The van der Waals surface area contributed by atoms with Crippen LogP contribution in [0, 0.1) is 0 Å². The molecule has 0 spiro atoms. The molecule has 1 unspecified atom stereocenters. The van der Waals surface area contributed by atoms with E-state index in [0.29, 0.717) is 6.61 Å². The zero-order valence-corrected chi connectivity index (χ0v) is 15.2. The predicted molar refractivity (Wildman–Crippen MR) is 96.2 cm³/mol. The van der Waals surface area contributed by atoms with Crippen LogP contribution in [0.2, 0.25) is 0 Å². The van der Waals surface area contributed by atoms with Crippen LogP contribution in [0.25, 0.3) is 0 Å². The zero-order chi connectivity index (χ0) is 16.9. The van der Waals surface area contributed by atoms with E-state index in [9.17, 15) is 0 Å². The molecule has 3 N–H and O–H groups in total. The number of aliphatic hydroxyl groups is 3. The molecule has 0 fully saturated rings. The Morgan fingerprint density at radius 1 is 0.591 bits per heavy atom. The highest BCUT2D eigenvalue weighted by Gasteiger charge is 1.93. The zero-order valence-electron chi connectivity index (χ0n) is 15.2. The first-order valence-corrected chi connectivity index (χ1v) is 9.58. The molecule has 22 heavy (non-hydrogen) atoms. The Hall–Kier alpha value is -0.120. The SMILES string of the molecule is CC(O)CO.CCCCCCCCCCCCCCCCO. The Kier molecular flexibility index (Phi) is 25.4. The minimum Gasteiger partial charge on any atom is -0.396 e. The van der Waals surface area contributed by atoms with Crippen LogP contribution in [0.5, 0.6) is 0 Å². The van der Waals surface area contributed by atoms with Crippen LogP contribution in [-0.2, 0) is 0 Å². The largest absolute Gasteiger partial charge is 0.396 e. The maximum absolute atomic E-state index is 8.64. The summed E-state index contributed by atoms with van der Waals surface area (Å²) < 4.78 is 0. The van der Waals surface area contributed by atoms with E-state index < -0.39 is 6.10 Å². The van der Waals surface area contributed by atoms with Gasteiger partial charge in [0.05, 0.1) is 12.7 Å². The summed E-state index contributed by atoms with van der Waals surface area (Å²) in [6.45, 7) is 4.04. The third-order valence-electron chi connectivity index (χ3n) is 3.78. The van der Waals surface area contributed by atoms with Gasteiger partial charge in [-0.05, 0) is 13.3 Å². The minimum atomic E-state index is -0.560. The molecule has 3 heteroatoms. The fourth-order valence-electron chi connectivity index (χ4n) is 2.31. The molecule has 0 heterocycles. The molecule has 0 aliphatic carbocycles. The van der Waals surface area contributed by atoms with Crippen molar-refractivity contribution >= 4 is 0 Å².